The summed E-state index contributed by atoms with van der Waals surface area (Å²) >= 11 is 12.0. The van der Waals surface area contributed by atoms with Crippen LogP contribution in [0.1, 0.15) is 18.7 Å². The highest BCUT2D eigenvalue weighted by molar-refractivity contribution is 6.31. The van der Waals surface area contributed by atoms with Gasteiger partial charge in [0, 0.05) is 23.6 Å². The van der Waals surface area contributed by atoms with E-state index in [0.29, 0.717) is 34.3 Å². The van der Waals surface area contributed by atoms with Gasteiger partial charge in [-0.05, 0) is 48.9 Å². The van der Waals surface area contributed by atoms with Crippen LogP contribution < -0.4 is 5.56 Å². The van der Waals surface area contributed by atoms with Crippen molar-refractivity contribution < 1.29 is 4.39 Å². The molecule has 132 valence electrons. The summed E-state index contributed by atoms with van der Waals surface area (Å²) in [6.07, 6.45) is 3.23. The zero-order chi connectivity index (χ0) is 18.0. The van der Waals surface area contributed by atoms with Crippen LogP contribution in [-0.4, -0.2) is 14.5 Å². The van der Waals surface area contributed by atoms with Crippen molar-refractivity contribution in [3.63, 3.8) is 0 Å². The van der Waals surface area contributed by atoms with E-state index in [9.17, 15) is 9.18 Å². The van der Waals surface area contributed by atoms with Crippen LogP contribution >= 0.6 is 23.2 Å². The first-order valence-corrected chi connectivity index (χ1v) is 9.32. The Morgan fingerprint density at radius 2 is 1.92 bits per heavy atom. The first-order valence-electron chi connectivity index (χ1n) is 8.56. The van der Waals surface area contributed by atoms with Crippen molar-refractivity contribution in [2.45, 2.75) is 25.8 Å². The summed E-state index contributed by atoms with van der Waals surface area (Å²) in [7, 11) is 0. The Hall–Kier alpha value is -1.98. The Morgan fingerprint density at radius 3 is 2.65 bits per heavy atom. The van der Waals surface area contributed by atoms with Gasteiger partial charge in [0.15, 0.2) is 0 Å². The van der Waals surface area contributed by atoms with Gasteiger partial charge >= 0.3 is 0 Å². The Bertz CT molecular complexity index is 1120. The number of benzene rings is 1. The molecule has 1 unspecified atom stereocenters. The summed E-state index contributed by atoms with van der Waals surface area (Å²) < 4.78 is 16.2. The summed E-state index contributed by atoms with van der Waals surface area (Å²) in [5.41, 5.74) is 0.768. The van der Waals surface area contributed by atoms with Gasteiger partial charge < -0.3 is 0 Å². The molecule has 2 aromatic heterocycles. The van der Waals surface area contributed by atoms with Crippen molar-refractivity contribution in [3.05, 3.63) is 56.4 Å². The Balaban J connectivity index is 1.76. The molecule has 0 N–H and O–H groups in total. The average Bonchev–Trinajstić information content (AvgIpc) is 3.35. The molecule has 0 saturated heterocycles. The van der Waals surface area contributed by atoms with E-state index in [0.717, 1.165) is 12.2 Å². The van der Waals surface area contributed by atoms with Gasteiger partial charge in [0.25, 0.3) is 5.56 Å². The van der Waals surface area contributed by atoms with E-state index in [2.05, 4.69) is 4.98 Å². The van der Waals surface area contributed by atoms with E-state index in [1.807, 2.05) is 0 Å². The molecule has 0 amide bonds. The third-order valence-electron chi connectivity index (χ3n) is 5.33. The van der Waals surface area contributed by atoms with E-state index >= 15 is 0 Å². The monoisotopic (exact) mass is 389 g/mol. The lowest BCUT2D eigenvalue weighted by Crippen LogP contribution is -2.22. The minimum absolute atomic E-state index is 0.131. The highest BCUT2D eigenvalue weighted by Gasteiger charge is 2.37. The molecule has 0 bridgehead atoms. The lowest BCUT2D eigenvalue weighted by Gasteiger charge is -2.10. The van der Waals surface area contributed by atoms with Crippen LogP contribution in [0.3, 0.4) is 0 Å². The number of halogens is 3. The first-order chi connectivity index (χ1) is 12.5. The van der Waals surface area contributed by atoms with Crippen LogP contribution in [0.4, 0.5) is 4.39 Å². The quantitative estimate of drug-likeness (QED) is 0.606. The third-order valence-corrected chi connectivity index (χ3v) is 5.75. The summed E-state index contributed by atoms with van der Waals surface area (Å²) in [6, 6.07) is 5.85. The fourth-order valence-electron chi connectivity index (χ4n) is 3.87. The van der Waals surface area contributed by atoms with Crippen molar-refractivity contribution in [2.24, 2.45) is 11.8 Å². The van der Waals surface area contributed by atoms with E-state index in [1.165, 1.54) is 31.0 Å². The number of rotatable bonds is 2. The molecule has 1 aliphatic carbocycles. The van der Waals surface area contributed by atoms with Crippen LogP contribution in [0.5, 0.6) is 0 Å². The highest BCUT2D eigenvalue weighted by atomic mass is 35.5. The molecule has 7 heteroatoms. The van der Waals surface area contributed by atoms with Gasteiger partial charge in [-0.2, -0.15) is 0 Å². The van der Waals surface area contributed by atoms with Gasteiger partial charge in [0.2, 0.25) is 0 Å². The number of nitrogens with zero attached hydrogens (tertiary/aromatic N) is 3. The second kappa shape index (κ2) is 5.76. The maximum Gasteiger partial charge on any atom is 0.261 e. The van der Waals surface area contributed by atoms with Gasteiger partial charge in [0.05, 0.1) is 5.39 Å². The SMILES string of the molecule is O=c1c2cc(Cl)nc(-c3ccc(Cl)cc3F)c2nc2n1CC(C1CC1)C2. The van der Waals surface area contributed by atoms with E-state index in [1.54, 1.807) is 10.6 Å². The van der Waals surface area contributed by atoms with Crippen molar-refractivity contribution in [1.82, 2.24) is 14.5 Å². The number of hydrogen-bond donors (Lipinski definition) is 0. The fraction of sp³-hybridized carbons (Fsp3) is 0.316. The molecule has 1 aliphatic heterocycles. The fourth-order valence-corrected chi connectivity index (χ4v) is 4.22. The van der Waals surface area contributed by atoms with Crippen molar-refractivity contribution in [2.75, 3.05) is 0 Å². The average molecular weight is 390 g/mol. The standard InChI is InChI=1S/C19H14Cl2FN3O/c20-11-3-4-12(14(22)6-11)17-18-13(7-15(21)23-17)19(26)25-8-10(9-1-2-9)5-16(25)24-18/h3-4,6-7,9-10H,1-2,5,8H2. The van der Waals surface area contributed by atoms with E-state index in [4.69, 9.17) is 28.2 Å². The van der Waals surface area contributed by atoms with Crippen molar-refractivity contribution in [3.8, 4) is 11.3 Å². The van der Waals surface area contributed by atoms with Gasteiger partial charge in [-0.25, -0.2) is 14.4 Å². The predicted molar refractivity (Wildman–Crippen MR) is 99.1 cm³/mol. The Morgan fingerprint density at radius 1 is 1.12 bits per heavy atom. The van der Waals surface area contributed by atoms with Crippen LogP contribution in [-0.2, 0) is 13.0 Å². The summed E-state index contributed by atoms with van der Waals surface area (Å²) in [5.74, 6) is 1.38. The first kappa shape index (κ1) is 16.2. The topological polar surface area (TPSA) is 47.8 Å². The van der Waals surface area contributed by atoms with Crippen LogP contribution in [0.15, 0.2) is 29.1 Å². The molecular formula is C19H14Cl2FN3O. The van der Waals surface area contributed by atoms with Gasteiger partial charge in [-0.3, -0.25) is 9.36 Å². The largest absolute Gasteiger partial charge is 0.296 e. The molecule has 26 heavy (non-hydrogen) atoms. The molecule has 0 radical (unpaired) electrons. The van der Waals surface area contributed by atoms with Gasteiger partial charge in [-0.15, -0.1) is 0 Å². The minimum Gasteiger partial charge on any atom is -0.296 e. The summed E-state index contributed by atoms with van der Waals surface area (Å²) in [5, 5.41) is 0.798. The Labute approximate surface area is 158 Å². The number of hydrogen-bond acceptors (Lipinski definition) is 3. The van der Waals surface area contributed by atoms with E-state index in [-0.39, 0.29) is 22.0 Å². The zero-order valence-electron chi connectivity index (χ0n) is 13.7. The molecule has 1 aromatic carbocycles. The zero-order valence-corrected chi connectivity index (χ0v) is 15.2. The van der Waals surface area contributed by atoms with Crippen LogP contribution in [0.25, 0.3) is 22.2 Å². The second-order valence-corrected chi connectivity index (χ2v) is 7.88. The predicted octanol–water partition coefficient (Wildman–Crippen LogP) is 4.49. The van der Waals surface area contributed by atoms with Gasteiger partial charge in [-0.1, -0.05) is 23.2 Å². The normalized spacial score (nSPS) is 19.1. The maximum atomic E-state index is 14.5. The lowest BCUT2D eigenvalue weighted by atomic mass is 10.0. The molecule has 2 aliphatic rings. The van der Waals surface area contributed by atoms with Crippen molar-refractivity contribution >= 4 is 34.1 Å². The van der Waals surface area contributed by atoms with Crippen LogP contribution in [0.2, 0.25) is 10.2 Å². The van der Waals surface area contributed by atoms with E-state index < -0.39 is 5.82 Å². The molecule has 1 fully saturated rings. The molecule has 3 heterocycles. The molecule has 5 rings (SSSR count). The molecule has 3 aromatic rings. The van der Waals surface area contributed by atoms with Crippen LogP contribution in [0, 0.1) is 17.7 Å². The Kier molecular flexibility index (Phi) is 3.59. The summed E-state index contributed by atoms with van der Waals surface area (Å²) in [4.78, 5) is 22.0. The van der Waals surface area contributed by atoms with Crippen molar-refractivity contribution in [1.29, 1.82) is 0 Å². The highest BCUT2D eigenvalue weighted by Crippen LogP contribution is 2.41. The smallest absolute Gasteiger partial charge is 0.261 e. The number of aromatic nitrogens is 3. The molecule has 1 saturated carbocycles. The lowest BCUT2D eigenvalue weighted by molar-refractivity contribution is 0.450. The molecule has 4 nitrogen and oxygen atoms in total. The minimum atomic E-state index is -0.521. The maximum absolute atomic E-state index is 14.5. The molecular weight excluding hydrogens is 376 g/mol. The number of fused-ring (bicyclic) bond motifs is 2. The third kappa shape index (κ3) is 2.53. The van der Waals surface area contributed by atoms with Gasteiger partial charge in [0.1, 0.15) is 28.0 Å². The second-order valence-electron chi connectivity index (χ2n) is 7.06. The summed E-state index contributed by atoms with van der Waals surface area (Å²) in [6.45, 7) is 0.701. The molecule has 0 spiro atoms. The number of pyridine rings is 1. The molecule has 1 atom stereocenters.